The maximum absolute atomic E-state index is 13.2. The fraction of sp³-hybridized carbons (Fsp3) is 0.120. The highest BCUT2D eigenvalue weighted by Gasteiger charge is 2.47. The van der Waals surface area contributed by atoms with E-state index in [2.05, 4.69) is 0 Å². The molecule has 3 aromatic carbocycles. The number of amides is 1. The minimum Gasteiger partial charge on any atom is -0.508 e. The quantitative estimate of drug-likeness (QED) is 0.322. The number of phenols is 1. The number of anilines is 1. The van der Waals surface area contributed by atoms with Crippen molar-refractivity contribution in [1.29, 1.82) is 0 Å². The highest BCUT2D eigenvalue weighted by molar-refractivity contribution is 6.52. The molecule has 1 aliphatic rings. The molecule has 1 heterocycles. The number of aromatic hydroxyl groups is 1. The Hall–Kier alpha value is -3.97. The second-order valence-electron chi connectivity index (χ2n) is 7.28. The fourth-order valence-corrected chi connectivity index (χ4v) is 4.04. The molecule has 1 aliphatic heterocycles. The van der Waals surface area contributed by atoms with Crippen molar-refractivity contribution in [3.63, 3.8) is 0 Å². The third-order valence-electron chi connectivity index (χ3n) is 5.42. The molecular weight excluding hydrogens is 446 g/mol. The lowest BCUT2D eigenvalue weighted by Gasteiger charge is -2.26. The van der Waals surface area contributed by atoms with E-state index in [-0.39, 0.29) is 22.6 Å². The van der Waals surface area contributed by atoms with E-state index in [9.17, 15) is 19.8 Å². The van der Waals surface area contributed by atoms with Crippen LogP contribution in [0.15, 0.2) is 72.3 Å². The molecule has 1 atom stereocenters. The molecule has 33 heavy (non-hydrogen) atoms. The molecule has 7 nitrogen and oxygen atoms in total. The van der Waals surface area contributed by atoms with Gasteiger partial charge in [0.25, 0.3) is 11.7 Å². The van der Waals surface area contributed by atoms with Gasteiger partial charge >= 0.3 is 0 Å². The predicted octanol–water partition coefficient (Wildman–Crippen LogP) is 4.69. The molecule has 0 spiro atoms. The third-order valence-corrected chi connectivity index (χ3v) is 5.73. The summed E-state index contributed by atoms with van der Waals surface area (Å²) in [5, 5.41) is 21.3. The molecular formula is C25H20ClNO6. The average molecular weight is 466 g/mol. The van der Waals surface area contributed by atoms with E-state index in [0.717, 1.165) is 0 Å². The maximum Gasteiger partial charge on any atom is 0.300 e. The van der Waals surface area contributed by atoms with E-state index in [4.69, 9.17) is 21.1 Å². The number of Topliss-reactive ketones (excluding diaryl/α,β-unsaturated/α-hetero) is 1. The zero-order valence-electron chi connectivity index (χ0n) is 17.8. The highest BCUT2D eigenvalue weighted by atomic mass is 35.5. The van der Waals surface area contributed by atoms with Crippen LogP contribution in [0.25, 0.3) is 5.76 Å². The van der Waals surface area contributed by atoms with Gasteiger partial charge < -0.3 is 19.7 Å². The van der Waals surface area contributed by atoms with Crippen LogP contribution in [0.3, 0.4) is 0 Å². The maximum atomic E-state index is 13.2. The van der Waals surface area contributed by atoms with Crippen molar-refractivity contribution in [2.75, 3.05) is 19.1 Å². The van der Waals surface area contributed by atoms with Gasteiger partial charge in [-0.25, -0.2) is 0 Å². The molecule has 3 aromatic rings. The predicted molar refractivity (Wildman–Crippen MR) is 124 cm³/mol. The van der Waals surface area contributed by atoms with Crippen LogP contribution in [0.4, 0.5) is 5.69 Å². The number of methoxy groups -OCH3 is 2. The Balaban J connectivity index is 1.97. The second-order valence-corrected chi connectivity index (χ2v) is 7.69. The van der Waals surface area contributed by atoms with Crippen molar-refractivity contribution >= 4 is 34.7 Å². The lowest BCUT2D eigenvalue weighted by molar-refractivity contribution is -0.132. The zero-order valence-corrected chi connectivity index (χ0v) is 18.5. The molecule has 1 saturated heterocycles. The van der Waals surface area contributed by atoms with Gasteiger partial charge in [-0.2, -0.15) is 0 Å². The lowest BCUT2D eigenvalue weighted by atomic mass is 9.95. The van der Waals surface area contributed by atoms with E-state index in [1.54, 1.807) is 36.4 Å². The summed E-state index contributed by atoms with van der Waals surface area (Å²) >= 11 is 6.10. The van der Waals surface area contributed by atoms with Gasteiger partial charge in [0, 0.05) is 5.56 Å². The molecule has 4 rings (SSSR count). The number of para-hydroxylation sites is 2. The first-order valence-corrected chi connectivity index (χ1v) is 10.3. The van der Waals surface area contributed by atoms with Gasteiger partial charge in [-0.05, 0) is 48.0 Å². The number of nitrogens with zero attached hydrogens (tertiary/aromatic N) is 1. The van der Waals surface area contributed by atoms with Gasteiger partial charge in [-0.1, -0.05) is 35.9 Å². The number of rotatable bonds is 5. The van der Waals surface area contributed by atoms with Crippen LogP contribution in [-0.2, 0) is 9.59 Å². The largest absolute Gasteiger partial charge is 0.508 e. The van der Waals surface area contributed by atoms with Gasteiger partial charge in [-0.15, -0.1) is 0 Å². The number of halogens is 1. The van der Waals surface area contributed by atoms with E-state index in [0.29, 0.717) is 27.8 Å². The normalized spacial score (nSPS) is 17.3. The number of phenolic OH excluding ortho intramolecular Hbond substituents is 1. The first-order valence-electron chi connectivity index (χ1n) is 9.94. The molecule has 0 bridgehead atoms. The minimum absolute atomic E-state index is 0.0235. The Labute approximate surface area is 195 Å². The summed E-state index contributed by atoms with van der Waals surface area (Å²) in [6.07, 6.45) is 0. The summed E-state index contributed by atoms with van der Waals surface area (Å²) in [5.74, 6) is -1.34. The van der Waals surface area contributed by atoms with E-state index in [1.807, 2.05) is 0 Å². The SMILES string of the molecule is COc1cc(/C(O)=C2/C(=O)C(=O)N(c3ccccc3OC)C2c2ccc(O)cc2)ccc1Cl. The molecule has 0 radical (unpaired) electrons. The van der Waals surface area contributed by atoms with Crippen LogP contribution in [0.1, 0.15) is 17.2 Å². The van der Waals surface area contributed by atoms with Crippen molar-refractivity contribution in [1.82, 2.24) is 0 Å². The number of carbonyl (C=O) groups is 2. The van der Waals surface area contributed by atoms with Crippen molar-refractivity contribution in [3.05, 3.63) is 88.5 Å². The molecule has 0 saturated carbocycles. The summed E-state index contributed by atoms with van der Waals surface area (Å²) in [5.41, 5.74) is 1.03. The number of aliphatic hydroxyl groups excluding tert-OH is 1. The Kier molecular flexibility index (Phi) is 5.98. The van der Waals surface area contributed by atoms with Crippen molar-refractivity contribution in [2.45, 2.75) is 6.04 Å². The zero-order chi connectivity index (χ0) is 23.7. The molecule has 2 N–H and O–H groups in total. The summed E-state index contributed by atoms with van der Waals surface area (Å²) < 4.78 is 10.6. The number of hydrogen-bond donors (Lipinski definition) is 2. The van der Waals surface area contributed by atoms with Crippen molar-refractivity contribution in [2.24, 2.45) is 0 Å². The topological polar surface area (TPSA) is 96.3 Å². The highest BCUT2D eigenvalue weighted by Crippen LogP contribution is 2.45. The number of ketones is 1. The number of ether oxygens (including phenoxy) is 2. The van der Waals surface area contributed by atoms with Crippen LogP contribution >= 0.6 is 11.6 Å². The van der Waals surface area contributed by atoms with E-state index >= 15 is 0 Å². The fourth-order valence-electron chi connectivity index (χ4n) is 3.84. The van der Waals surface area contributed by atoms with E-state index in [1.165, 1.54) is 49.5 Å². The summed E-state index contributed by atoms with van der Waals surface area (Å²) in [4.78, 5) is 27.7. The standard InChI is InChI=1S/C25H20ClNO6/c1-32-19-6-4-3-5-18(19)27-22(14-7-10-16(28)11-8-14)21(24(30)25(27)31)23(29)15-9-12-17(26)20(13-15)33-2/h3-13,22,28-29H,1-2H3/b23-21-. The summed E-state index contributed by atoms with van der Waals surface area (Å²) in [7, 11) is 2.90. The van der Waals surface area contributed by atoms with Gasteiger partial charge in [0.1, 0.15) is 23.0 Å². The Morgan fingerprint density at radius 2 is 1.61 bits per heavy atom. The smallest absolute Gasteiger partial charge is 0.300 e. The first kappa shape index (κ1) is 22.2. The van der Waals surface area contributed by atoms with Crippen LogP contribution in [0.2, 0.25) is 5.02 Å². The second kappa shape index (κ2) is 8.88. The minimum atomic E-state index is -0.969. The lowest BCUT2D eigenvalue weighted by Crippen LogP contribution is -2.29. The number of carbonyl (C=O) groups excluding carboxylic acids is 2. The molecule has 0 aromatic heterocycles. The average Bonchev–Trinajstić information content (AvgIpc) is 3.09. The van der Waals surface area contributed by atoms with Crippen LogP contribution in [0.5, 0.6) is 17.2 Å². The molecule has 1 amide bonds. The van der Waals surface area contributed by atoms with Crippen LogP contribution in [0, 0.1) is 0 Å². The van der Waals surface area contributed by atoms with Gasteiger partial charge in [0.2, 0.25) is 0 Å². The molecule has 0 aliphatic carbocycles. The first-order chi connectivity index (χ1) is 15.9. The Morgan fingerprint density at radius 1 is 0.939 bits per heavy atom. The van der Waals surface area contributed by atoms with Crippen LogP contribution in [-0.4, -0.2) is 36.1 Å². The summed E-state index contributed by atoms with van der Waals surface area (Å²) in [6, 6.07) is 16.4. The van der Waals surface area contributed by atoms with Gasteiger partial charge in [0.05, 0.1) is 36.5 Å². The van der Waals surface area contributed by atoms with Crippen molar-refractivity contribution < 1.29 is 29.3 Å². The van der Waals surface area contributed by atoms with Gasteiger partial charge in [0.15, 0.2) is 0 Å². The van der Waals surface area contributed by atoms with Crippen LogP contribution < -0.4 is 14.4 Å². The molecule has 1 fully saturated rings. The monoisotopic (exact) mass is 465 g/mol. The summed E-state index contributed by atoms with van der Waals surface area (Å²) in [6.45, 7) is 0. The Bertz CT molecular complexity index is 1270. The van der Waals surface area contributed by atoms with E-state index < -0.39 is 17.7 Å². The van der Waals surface area contributed by atoms with Crippen molar-refractivity contribution in [3.8, 4) is 17.2 Å². The Morgan fingerprint density at radius 3 is 2.27 bits per heavy atom. The molecule has 1 unspecified atom stereocenters. The number of hydrogen-bond acceptors (Lipinski definition) is 6. The molecule has 8 heteroatoms. The number of aliphatic hydroxyl groups is 1. The number of benzene rings is 3. The third kappa shape index (κ3) is 3.87. The van der Waals surface area contributed by atoms with Gasteiger partial charge in [-0.3, -0.25) is 14.5 Å². The molecule has 168 valence electrons.